The van der Waals surface area contributed by atoms with Crippen LogP contribution < -0.4 is 10.4 Å². The zero-order valence-corrected chi connectivity index (χ0v) is 11.2. The third kappa shape index (κ3) is 2.05. The Bertz CT molecular complexity index is 804. The van der Waals surface area contributed by atoms with Crippen molar-refractivity contribution in [3.8, 4) is 0 Å². The molecule has 0 N–H and O–H groups in total. The normalized spacial score (nSPS) is 18.3. The van der Waals surface area contributed by atoms with Gasteiger partial charge in [0.25, 0.3) is 0 Å². The van der Waals surface area contributed by atoms with Gasteiger partial charge in [0.1, 0.15) is 14.1 Å². The third-order valence-electron chi connectivity index (χ3n) is 3.37. The first-order valence-electron chi connectivity index (χ1n) is 6.43. The second kappa shape index (κ2) is 4.72. The third-order valence-corrected chi connectivity index (χ3v) is 3.37. The van der Waals surface area contributed by atoms with Crippen LogP contribution in [0.2, 0.25) is 0 Å². The molecule has 0 saturated carbocycles. The van der Waals surface area contributed by atoms with Gasteiger partial charge in [0.2, 0.25) is 5.71 Å². The summed E-state index contributed by atoms with van der Waals surface area (Å²) < 4.78 is 2.15. The fraction of sp³-hybridized carbons (Fsp3) is 0.111. The van der Waals surface area contributed by atoms with E-state index in [9.17, 15) is 0 Å². The molecule has 0 saturated heterocycles. The van der Waals surface area contributed by atoms with Gasteiger partial charge in [-0.15, -0.1) is 5.73 Å². The molecule has 0 radical (unpaired) electrons. The monoisotopic (exact) mass is 246 g/mol. The van der Waals surface area contributed by atoms with Gasteiger partial charge in [-0.1, -0.05) is 42.5 Å². The molecule has 0 fully saturated rings. The molecule has 2 aliphatic carbocycles. The molecule has 0 atom stereocenters. The molecular formula is C18H16N+. The Morgan fingerprint density at radius 3 is 2.63 bits per heavy atom. The highest BCUT2D eigenvalue weighted by atomic mass is 14.9. The molecule has 0 aliphatic heterocycles. The zero-order valence-electron chi connectivity index (χ0n) is 11.2. The molecule has 92 valence electrons. The lowest BCUT2D eigenvalue weighted by atomic mass is 9.98. The Morgan fingerprint density at radius 1 is 0.947 bits per heavy atom. The summed E-state index contributed by atoms with van der Waals surface area (Å²) >= 11 is 0. The largest absolute Gasteiger partial charge is 0.235 e. The van der Waals surface area contributed by atoms with Crippen LogP contribution in [0.3, 0.4) is 0 Å². The lowest BCUT2D eigenvalue weighted by molar-refractivity contribution is -0.462. The van der Waals surface area contributed by atoms with Gasteiger partial charge in [0.15, 0.2) is 0 Å². The summed E-state index contributed by atoms with van der Waals surface area (Å²) in [6, 6.07) is 6.41. The molecule has 0 unspecified atom stereocenters. The number of fused-ring (bicyclic) bond motifs is 1. The molecule has 0 spiro atoms. The van der Waals surface area contributed by atoms with E-state index in [1.807, 2.05) is 12.2 Å². The van der Waals surface area contributed by atoms with E-state index >= 15 is 0 Å². The Balaban J connectivity index is 2.47. The highest BCUT2D eigenvalue weighted by Crippen LogP contribution is 2.07. The molecule has 0 amide bonds. The summed E-state index contributed by atoms with van der Waals surface area (Å²) in [5.74, 6) is 0. The predicted molar refractivity (Wildman–Crippen MR) is 81.5 cm³/mol. The Kier molecular flexibility index (Phi) is 2.91. The first-order valence-corrected chi connectivity index (χ1v) is 6.43. The van der Waals surface area contributed by atoms with Crippen molar-refractivity contribution in [2.45, 2.75) is 0 Å². The van der Waals surface area contributed by atoms with Crippen molar-refractivity contribution < 1.29 is 4.58 Å². The fourth-order valence-corrected chi connectivity index (χ4v) is 2.47. The molecule has 19 heavy (non-hydrogen) atoms. The van der Waals surface area contributed by atoms with Crippen molar-refractivity contribution in [3.05, 3.63) is 70.7 Å². The van der Waals surface area contributed by atoms with Gasteiger partial charge >= 0.3 is 0 Å². The predicted octanol–water partition coefficient (Wildman–Crippen LogP) is 1.64. The van der Waals surface area contributed by atoms with Crippen LogP contribution in [0.4, 0.5) is 0 Å². The average Bonchev–Trinajstić information content (AvgIpc) is 2.46. The first kappa shape index (κ1) is 11.7. The molecule has 3 rings (SSSR count). The molecular weight excluding hydrogens is 230 g/mol. The van der Waals surface area contributed by atoms with Crippen molar-refractivity contribution in [1.82, 2.24) is 0 Å². The number of allylic oxidation sites excluding steroid dienone is 6. The summed E-state index contributed by atoms with van der Waals surface area (Å²) in [5, 5.41) is 2.42. The Hall–Kier alpha value is -2.37. The summed E-state index contributed by atoms with van der Waals surface area (Å²) in [5.41, 5.74) is 7.08. The molecule has 1 aromatic carbocycles. The fourth-order valence-electron chi connectivity index (χ4n) is 2.47. The first-order chi connectivity index (χ1) is 9.27. The van der Waals surface area contributed by atoms with Crippen LogP contribution in [-0.2, 0) is 0 Å². The second-order valence-electron chi connectivity index (χ2n) is 4.85. The van der Waals surface area contributed by atoms with E-state index in [0.717, 1.165) is 0 Å². The minimum Gasteiger partial charge on any atom is -0.235 e. The molecule has 0 bridgehead atoms. The lowest BCUT2D eigenvalue weighted by Crippen LogP contribution is -2.32. The zero-order chi connectivity index (χ0) is 13.2. The van der Waals surface area contributed by atoms with Gasteiger partial charge < -0.3 is 0 Å². The van der Waals surface area contributed by atoms with Crippen molar-refractivity contribution in [2.24, 2.45) is 0 Å². The van der Waals surface area contributed by atoms with Crippen LogP contribution in [0.15, 0.2) is 54.7 Å². The van der Waals surface area contributed by atoms with Crippen molar-refractivity contribution >= 4 is 23.1 Å². The van der Waals surface area contributed by atoms with Crippen LogP contribution in [0.5, 0.6) is 0 Å². The number of hydrogen-bond acceptors (Lipinski definition) is 0. The van der Waals surface area contributed by atoms with Crippen LogP contribution in [-0.4, -0.2) is 24.4 Å². The summed E-state index contributed by atoms with van der Waals surface area (Å²) in [6.45, 7) is 0. The summed E-state index contributed by atoms with van der Waals surface area (Å²) in [7, 11) is 4.15. The maximum atomic E-state index is 3.37. The number of nitrogens with zero attached hydrogens (tertiary/aromatic N) is 1. The van der Waals surface area contributed by atoms with Crippen molar-refractivity contribution in [3.63, 3.8) is 0 Å². The topological polar surface area (TPSA) is 3.01 Å². The molecule has 2 aliphatic rings. The maximum absolute atomic E-state index is 3.37. The highest BCUT2D eigenvalue weighted by Gasteiger charge is 2.13. The molecule has 0 heterocycles. The number of rotatable bonds is 0. The van der Waals surface area contributed by atoms with E-state index in [-0.39, 0.29) is 0 Å². The molecule has 1 nitrogen and oxygen atoms in total. The van der Waals surface area contributed by atoms with Crippen LogP contribution in [0.1, 0.15) is 5.56 Å². The standard InChI is InChI=1S/C18H16N/c1-19(2)18-13-6-5-11-17(18)16-12-7-9-14-8-3-4-10-15(14)16/h3-9,11-13H,1-2H3/q+1/b17-16-. The van der Waals surface area contributed by atoms with Crippen molar-refractivity contribution in [1.29, 1.82) is 0 Å². The van der Waals surface area contributed by atoms with E-state index in [2.05, 4.69) is 73.0 Å². The van der Waals surface area contributed by atoms with Gasteiger partial charge in [-0.25, -0.2) is 4.58 Å². The van der Waals surface area contributed by atoms with Gasteiger partial charge in [-0.05, 0) is 17.7 Å². The van der Waals surface area contributed by atoms with Gasteiger partial charge in [-0.2, -0.15) is 0 Å². The van der Waals surface area contributed by atoms with Gasteiger partial charge in [-0.3, -0.25) is 0 Å². The lowest BCUT2D eigenvalue weighted by Gasteiger charge is -2.06. The summed E-state index contributed by atoms with van der Waals surface area (Å²) in [4.78, 5) is 0. The Morgan fingerprint density at radius 2 is 1.79 bits per heavy atom. The number of hydrogen-bond donors (Lipinski definition) is 0. The van der Waals surface area contributed by atoms with Gasteiger partial charge in [0, 0.05) is 16.5 Å². The van der Waals surface area contributed by atoms with Crippen LogP contribution >= 0.6 is 0 Å². The van der Waals surface area contributed by atoms with E-state index in [4.69, 9.17) is 0 Å². The SMILES string of the molecule is C[N+](C)=C1C=CC=C/C1=c1\cccc2c1=C=CC=C2. The Labute approximate surface area is 113 Å². The minimum absolute atomic E-state index is 1.18. The molecule has 1 heteroatoms. The quantitative estimate of drug-likeness (QED) is 0.612. The average molecular weight is 246 g/mol. The van der Waals surface area contributed by atoms with Crippen LogP contribution in [0, 0.1) is 0 Å². The van der Waals surface area contributed by atoms with E-state index in [1.54, 1.807) is 0 Å². The smallest absolute Gasteiger partial charge is 0.207 e. The molecule has 0 aromatic heterocycles. The van der Waals surface area contributed by atoms with E-state index in [0.29, 0.717) is 0 Å². The second-order valence-corrected chi connectivity index (χ2v) is 4.85. The van der Waals surface area contributed by atoms with E-state index in [1.165, 1.54) is 27.3 Å². The van der Waals surface area contributed by atoms with Gasteiger partial charge in [0.05, 0.1) is 5.57 Å². The number of benzene rings is 1. The molecule has 1 aromatic rings. The van der Waals surface area contributed by atoms with Crippen LogP contribution in [0.25, 0.3) is 17.4 Å². The minimum atomic E-state index is 1.18. The highest BCUT2D eigenvalue weighted by molar-refractivity contribution is 6.25. The van der Waals surface area contributed by atoms with Crippen molar-refractivity contribution in [2.75, 3.05) is 14.1 Å². The summed E-state index contributed by atoms with van der Waals surface area (Å²) in [6.07, 6.45) is 14.6. The maximum Gasteiger partial charge on any atom is 0.207 e. The van der Waals surface area contributed by atoms with E-state index < -0.39 is 0 Å².